The van der Waals surface area contributed by atoms with Gasteiger partial charge in [-0.15, -0.1) is 0 Å². The Bertz CT molecular complexity index is 610. The molecule has 0 aliphatic rings. The quantitative estimate of drug-likeness (QED) is 0.816. The summed E-state index contributed by atoms with van der Waals surface area (Å²) >= 11 is 5.85. The van der Waals surface area contributed by atoms with Gasteiger partial charge in [-0.2, -0.15) is 13.2 Å². The van der Waals surface area contributed by atoms with Crippen LogP contribution in [0.3, 0.4) is 0 Å². The smallest absolute Gasteiger partial charge is 0.416 e. The van der Waals surface area contributed by atoms with Crippen molar-refractivity contribution >= 4 is 11.6 Å². The molecule has 0 saturated heterocycles. The molecule has 0 spiro atoms. The van der Waals surface area contributed by atoms with Crippen LogP contribution in [0.15, 0.2) is 48.5 Å². The van der Waals surface area contributed by atoms with Gasteiger partial charge in [0.15, 0.2) is 0 Å². The standard InChI is InChI=1S/C18H19ClF3N.ClH/c1-13(2-3-14-6-10-17(19)11-7-14)23-12-15-4-8-16(9-5-15)18(20,21)22;/h4-11,13,23H,2-3,12H2,1H3;1H/p-1/t13-;/m1./s1. The lowest BCUT2D eigenvalue weighted by Gasteiger charge is -2.14. The Hall–Kier alpha value is -1.23. The van der Waals surface area contributed by atoms with Crippen molar-refractivity contribution in [1.82, 2.24) is 5.32 Å². The largest absolute Gasteiger partial charge is 1.00 e. The van der Waals surface area contributed by atoms with Gasteiger partial charge >= 0.3 is 6.18 Å². The molecule has 0 radical (unpaired) electrons. The van der Waals surface area contributed by atoms with E-state index in [9.17, 15) is 13.2 Å². The van der Waals surface area contributed by atoms with Crippen LogP contribution in [-0.2, 0) is 19.1 Å². The number of rotatable bonds is 6. The molecule has 6 heteroatoms. The van der Waals surface area contributed by atoms with Gasteiger partial charge in [-0.3, -0.25) is 0 Å². The number of halogens is 5. The lowest BCUT2D eigenvalue weighted by atomic mass is 10.1. The highest BCUT2D eigenvalue weighted by Gasteiger charge is 2.29. The van der Waals surface area contributed by atoms with E-state index in [4.69, 9.17) is 11.6 Å². The van der Waals surface area contributed by atoms with E-state index in [2.05, 4.69) is 12.2 Å². The third-order valence-electron chi connectivity index (χ3n) is 3.72. The zero-order chi connectivity index (χ0) is 16.9. The van der Waals surface area contributed by atoms with Gasteiger partial charge in [0.05, 0.1) is 5.56 Å². The van der Waals surface area contributed by atoms with Crippen LogP contribution in [0, 0.1) is 0 Å². The summed E-state index contributed by atoms with van der Waals surface area (Å²) in [6.07, 6.45) is -2.40. The molecule has 0 unspecified atom stereocenters. The lowest BCUT2D eigenvalue weighted by Crippen LogP contribution is -3.00. The molecule has 0 bridgehead atoms. The molecule has 132 valence electrons. The van der Waals surface area contributed by atoms with Gasteiger partial charge in [-0.1, -0.05) is 35.9 Å². The van der Waals surface area contributed by atoms with E-state index in [1.165, 1.54) is 17.7 Å². The predicted octanol–water partition coefficient (Wildman–Crippen LogP) is 2.47. The third kappa shape index (κ3) is 6.71. The van der Waals surface area contributed by atoms with Gasteiger partial charge in [0.2, 0.25) is 0 Å². The second-order valence-corrected chi connectivity index (χ2v) is 6.08. The summed E-state index contributed by atoms with van der Waals surface area (Å²) in [4.78, 5) is 0. The molecule has 1 nitrogen and oxygen atoms in total. The summed E-state index contributed by atoms with van der Waals surface area (Å²) in [5, 5.41) is 4.06. The minimum atomic E-state index is -4.28. The molecule has 0 amide bonds. The molecule has 2 aromatic carbocycles. The van der Waals surface area contributed by atoms with Crippen LogP contribution in [0.4, 0.5) is 13.2 Å². The molecule has 24 heavy (non-hydrogen) atoms. The third-order valence-corrected chi connectivity index (χ3v) is 3.97. The van der Waals surface area contributed by atoms with Crippen LogP contribution in [0.2, 0.25) is 5.02 Å². The maximum atomic E-state index is 12.5. The Morgan fingerprint density at radius 3 is 2.04 bits per heavy atom. The molecular weight excluding hydrogens is 358 g/mol. The minimum Gasteiger partial charge on any atom is -1.00 e. The Kier molecular flexibility index (Phi) is 8.07. The zero-order valence-corrected chi connectivity index (χ0v) is 14.7. The first-order valence-corrected chi connectivity index (χ1v) is 7.86. The number of alkyl halides is 3. The van der Waals surface area contributed by atoms with Crippen molar-refractivity contribution in [3.63, 3.8) is 0 Å². The van der Waals surface area contributed by atoms with Gasteiger partial charge in [0.1, 0.15) is 0 Å². The fourth-order valence-electron chi connectivity index (χ4n) is 2.24. The second-order valence-electron chi connectivity index (χ2n) is 5.64. The second kappa shape index (κ2) is 9.30. The first kappa shape index (κ1) is 20.8. The Morgan fingerprint density at radius 2 is 1.50 bits per heavy atom. The fourth-order valence-corrected chi connectivity index (χ4v) is 2.37. The van der Waals surface area contributed by atoms with Crippen LogP contribution in [-0.4, -0.2) is 6.04 Å². The van der Waals surface area contributed by atoms with Crippen LogP contribution in [0.1, 0.15) is 30.0 Å². The monoisotopic (exact) mass is 376 g/mol. The van der Waals surface area contributed by atoms with Crippen LogP contribution in [0.25, 0.3) is 0 Å². The average Bonchev–Trinajstić information content (AvgIpc) is 2.52. The van der Waals surface area contributed by atoms with Gasteiger partial charge < -0.3 is 17.7 Å². The van der Waals surface area contributed by atoms with E-state index in [0.29, 0.717) is 6.54 Å². The summed E-state index contributed by atoms with van der Waals surface area (Å²) in [5.41, 5.74) is 1.45. The molecule has 0 heterocycles. The molecule has 0 saturated carbocycles. The highest BCUT2D eigenvalue weighted by molar-refractivity contribution is 6.30. The summed E-state index contributed by atoms with van der Waals surface area (Å²) < 4.78 is 37.5. The molecule has 2 rings (SSSR count). The number of nitrogens with one attached hydrogen (secondary N) is 1. The number of aryl methyl sites for hydroxylation is 1. The minimum absolute atomic E-state index is 0. The predicted molar refractivity (Wildman–Crippen MR) is 87.5 cm³/mol. The van der Waals surface area contributed by atoms with E-state index in [1.807, 2.05) is 24.3 Å². The molecular formula is C18H19Cl2F3N-. The SMILES string of the molecule is C[C@H](CCc1ccc(Cl)cc1)NCc1ccc(C(F)(F)F)cc1.[Cl-]. The average molecular weight is 377 g/mol. The maximum Gasteiger partial charge on any atom is 0.416 e. The van der Waals surface area contributed by atoms with Crippen LogP contribution in [0.5, 0.6) is 0 Å². The van der Waals surface area contributed by atoms with Crippen molar-refractivity contribution in [2.24, 2.45) is 0 Å². The summed E-state index contributed by atoms with van der Waals surface area (Å²) in [7, 11) is 0. The van der Waals surface area contributed by atoms with Gasteiger partial charge in [0, 0.05) is 17.6 Å². The number of benzene rings is 2. The van der Waals surface area contributed by atoms with E-state index < -0.39 is 11.7 Å². The van der Waals surface area contributed by atoms with Crippen molar-refractivity contribution in [2.75, 3.05) is 0 Å². The summed E-state index contributed by atoms with van der Waals surface area (Å²) in [6, 6.07) is 13.3. The summed E-state index contributed by atoms with van der Waals surface area (Å²) in [6.45, 7) is 2.62. The molecule has 0 fully saturated rings. The molecule has 0 aliphatic heterocycles. The van der Waals surface area contributed by atoms with Crippen LogP contribution < -0.4 is 17.7 Å². The topological polar surface area (TPSA) is 12.0 Å². The highest BCUT2D eigenvalue weighted by Crippen LogP contribution is 2.29. The van der Waals surface area contributed by atoms with Gasteiger partial charge in [-0.05, 0) is 55.2 Å². The van der Waals surface area contributed by atoms with Gasteiger partial charge in [0.25, 0.3) is 0 Å². The molecule has 0 aliphatic carbocycles. The van der Waals surface area contributed by atoms with E-state index in [1.54, 1.807) is 0 Å². The Balaban J connectivity index is 0.00000288. The molecule has 0 aromatic heterocycles. The van der Waals surface area contributed by atoms with Crippen LogP contribution >= 0.6 is 11.6 Å². The van der Waals surface area contributed by atoms with Gasteiger partial charge in [-0.25, -0.2) is 0 Å². The number of hydrogen-bond acceptors (Lipinski definition) is 1. The number of hydrogen-bond donors (Lipinski definition) is 1. The fraction of sp³-hybridized carbons (Fsp3) is 0.333. The maximum absolute atomic E-state index is 12.5. The van der Waals surface area contributed by atoms with Crippen molar-refractivity contribution in [2.45, 2.75) is 38.5 Å². The molecule has 1 N–H and O–H groups in total. The Labute approximate surface area is 151 Å². The summed E-state index contributed by atoms with van der Waals surface area (Å²) in [5.74, 6) is 0. The zero-order valence-electron chi connectivity index (χ0n) is 13.2. The van der Waals surface area contributed by atoms with Crippen molar-refractivity contribution < 1.29 is 25.6 Å². The first-order chi connectivity index (χ1) is 10.8. The normalized spacial score (nSPS) is 12.5. The molecule has 1 atom stereocenters. The Morgan fingerprint density at radius 1 is 0.958 bits per heavy atom. The van der Waals surface area contributed by atoms with Crippen molar-refractivity contribution in [1.29, 1.82) is 0 Å². The molecule has 2 aromatic rings. The van der Waals surface area contributed by atoms with Crippen molar-refractivity contribution in [3.8, 4) is 0 Å². The van der Waals surface area contributed by atoms with E-state index >= 15 is 0 Å². The van der Waals surface area contributed by atoms with E-state index in [0.717, 1.165) is 35.6 Å². The lowest BCUT2D eigenvalue weighted by molar-refractivity contribution is -0.137. The van der Waals surface area contributed by atoms with E-state index in [-0.39, 0.29) is 18.4 Å². The van der Waals surface area contributed by atoms with Crippen molar-refractivity contribution in [3.05, 3.63) is 70.2 Å². The first-order valence-electron chi connectivity index (χ1n) is 7.48. The highest BCUT2D eigenvalue weighted by atomic mass is 35.5.